The molecule has 0 saturated heterocycles. The van der Waals surface area contributed by atoms with Gasteiger partial charge in [-0.15, -0.1) is 0 Å². The van der Waals surface area contributed by atoms with Gasteiger partial charge in [0.2, 0.25) is 0 Å². The monoisotopic (exact) mass is 429 g/mol. The molecular formula is C24H26F3N3O. The van der Waals surface area contributed by atoms with Gasteiger partial charge in [-0.1, -0.05) is 56.3 Å². The molecule has 3 aromatic rings. The van der Waals surface area contributed by atoms with Crippen LogP contribution in [0.4, 0.5) is 24.7 Å². The first-order valence-corrected chi connectivity index (χ1v) is 10.3. The molecule has 0 fully saturated rings. The van der Waals surface area contributed by atoms with Crippen molar-refractivity contribution in [2.24, 2.45) is 5.92 Å². The normalized spacial score (nSPS) is 11.6. The van der Waals surface area contributed by atoms with E-state index in [1.807, 2.05) is 54.6 Å². The van der Waals surface area contributed by atoms with E-state index in [9.17, 15) is 13.2 Å². The third-order valence-corrected chi connectivity index (χ3v) is 4.73. The van der Waals surface area contributed by atoms with Crippen LogP contribution in [0.2, 0.25) is 0 Å². The number of hydrogen-bond acceptors (Lipinski definition) is 4. The predicted molar refractivity (Wildman–Crippen MR) is 115 cm³/mol. The Morgan fingerprint density at radius 1 is 0.968 bits per heavy atom. The van der Waals surface area contributed by atoms with Gasteiger partial charge in [0.05, 0.1) is 0 Å². The summed E-state index contributed by atoms with van der Waals surface area (Å²) in [5.41, 5.74) is 1.75. The number of nitrogens with zero attached hydrogens (tertiary/aromatic N) is 3. The van der Waals surface area contributed by atoms with Crippen molar-refractivity contribution in [3.8, 4) is 6.01 Å². The Balaban J connectivity index is 1.92. The highest BCUT2D eigenvalue weighted by Crippen LogP contribution is 2.38. The van der Waals surface area contributed by atoms with Crippen molar-refractivity contribution in [2.75, 3.05) is 11.4 Å². The molecular weight excluding hydrogens is 403 g/mol. The third kappa shape index (κ3) is 5.96. The molecule has 0 spiro atoms. The number of benzene rings is 2. The molecule has 3 rings (SSSR count). The Hall–Kier alpha value is -3.09. The second kappa shape index (κ2) is 9.81. The highest BCUT2D eigenvalue weighted by atomic mass is 19.4. The molecule has 1 heterocycles. The van der Waals surface area contributed by atoms with Gasteiger partial charge in [-0.2, -0.15) is 18.2 Å². The second-order valence-corrected chi connectivity index (χ2v) is 7.67. The van der Waals surface area contributed by atoms with E-state index >= 15 is 0 Å². The molecule has 164 valence electrons. The van der Waals surface area contributed by atoms with Crippen molar-refractivity contribution in [2.45, 2.75) is 40.0 Å². The Morgan fingerprint density at radius 2 is 1.65 bits per heavy atom. The summed E-state index contributed by atoms with van der Waals surface area (Å²) in [5.74, 6) is 0.279. The average molecular weight is 429 g/mol. The summed E-state index contributed by atoms with van der Waals surface area (Å²) in [6, 6.07) is 16.8. The minimum atomic E-state index is -4.59. The van der Waals surface area contributed by atoms with Crippen LogP contribution >= 0.6 is 0 Å². The van der Waals surface area contributed by atoms with Crippen LogP contribution in [0.5, 0.6) is 6.01 Å². The lowest BCUT2D eigenvalue weighted by Gasteiger charge is -2.25. The molecule has 0 radical (unpaired) electrons. The zero-order chi connectivity index (χ0) is 22.4. The summed E-state index contributed by atoms with van der Waals surface area (Å²) >= 11 is 0. The van der Waals surface area contributed by atoms with Crippen LogP contribution in [0.1, 0.15) is 37.5 Å². The molecule has 2 aromatic carbocycles. The van der Waals surface area contributed by atoms with Crippen LogP contribution in [-0.4, -0.2) is 16.5 Å². The molecule has 0 aliphatic rings. The molecule has 0 bridgehead atoms. The fourth-order valence-corrected chi connectivity index (χ4v) is 3.29. The smallest absolute Gasteiger partial charge is 0.421 e. The van der Waals surface area contributed by atoms with E-state index < -0.39 is 11.7 Å². The maximum absolute atomic E-state index is 13.7. The van der Waals surface area contributed by atoms with Gasteiger partial charge in [0.15, 0.2) is 5.82 Å². The maximum Gasteiger partial charge on any atom is 0.421 e. The summed E-state index contributed by atoms with van der Waals surface area (Å²) in [6.45, 7) is 6.51. The van der Waals surface area contributed by atoms with Gasteiger partial charge in [-0.05, 0) is 42.5 Å². The number of halogens is 3. The number of hydrogen-bond donors (Lipinski definition) is 0. The van der Waals surface area contributed by atoms with E-state index in [1.54, 1.807) is 6.92 Å². The van der Waals surface area contributed by atoms with Crippen molar-refractivity contribution in [3.63, 3.8) is 0 Å². The number of aromatic nitrogens is 2. The molecule has 7 heteroatoms. The maximum atomic E-state index is 13.7. The van der Waals surface area contributed by atoms with E-state index in [1.165, 1.54) is 4.90 Å². The number of ether oxygens (including phenoxy) is 1. The molecule has 0 atom stereocenters. The van der Waals surface area contributed by atoms with Crippen LogP contribution in [0.3, 0.4) is 0 Å². The first-order valence-electron chi connectivity index (χ1n) is 10.3. The van der Waals surface area contributed by atoms with E-state index in [2.05, 4.69) is 23.8 Å². The quantitative estimate of drug-likeness (QED) is 0.414. The molecule has 0 saturated carbocycles. The molecule has 4 nitrogen and oxygen atoms in total. The van der Waals surface area contributed by atoms with Crippen LogP contribution < -0.4 is 9.64 Å². The topological polar surface area (TPSA) is 38.2 Å². The largest absolute Gasteiger partial charge is 0.459 e. The average Bonchev–Trinajstić information content (AvgIpc) is 2.74. The first-order chi connectivity index (χ1) is 14.8. The summed E-state index contributed by atoms with van der Waals surface area (Å²) in [4.78, 5) is 9.47. The van der Waals surface area contributed by atoms with Crippen LogP contribution in [0.15, 0.2) is 60.8 Å². The SMILES string of the molecule is CCN(c1ccc(CC(C)C)cc1)c1nc(OCc2ccccc2)ncc1C(F)(F)F. The Labute approximate surface area is 180 Å². The number of anilines is 2. The molecule has 0 aliphatic heterocycles. The van der Waals surface area contributed by atoms with Crippen molar-refractivity contribution in [1.82, 2.24) is 9.97 Å². The van der Waals surface area contributed by atoms with Gasteiger partial charge in [0.25, 0.3) is 0 Å². The molecule has 0 amide bonds. The Kier molecular flexibility index (Phi) is 7.15. The molecule has 0 N–H and O–H groups in total. The van der Waals surface area contributed by atoms with E-state index in [0.29, 0.717) is 18.2 Å². The van der Waals surface area contributed by atoms with E-state index in [-0.39, 0.29) is 18.4 Å². The minimum Gasteiger partial charge on any atom is -0.459 e. The van der Waals surface area contributed by atoms with Gasteiger partial charge in [-0.3, -0.25) is 0 Å². The zero-order valence-electron chi connectivity index (χ0n) is 17.9. The third-order valence-electron chi connectivity index (χ3n) is 4.73. The molecule has 0 unspecified atom stereocenters. The van der Waals surface area contributed by atoms with Gasteiger partial charge in [-0.25, -0.2) is 4.98 Å². The van der Waals surface area contributed by atoms with Gasteiger partial charge >= 0.3 is 12.2 Å². The predicted octanol–water partition coefficient (Wildman–Crippen LogP) is 6.43. The highest BCUT2D eigenvalue weighted by Gasteiger charge is 2.37. The van der Waals surface area contributed by atoms with Gasteiger partial charge < -0.3 is 9.64 Å². The van der Waals surface area contributed by atoms with Crippen LogP contribution in [0.25, 0.3) is 0 Å². The molecule has 1 aromatic heterocycles. The number of alkyl halides is 3. The summed E-state index contributed by atoms with van der Waals surface area (Å²) in [7, 11) is 0. The standard InChI is InChI=1S/C24H26F3N3O/c1-4-30(20-12-10-18(11-13-20)14-17(2)3)22-21(24(25,26)27)15-28-23(29-22)31-16-19-8-6-5-7-9-19/h5-13,15,17H,4,14,16H2,1-3H3. The van der Waals surface area contributed by atoms with Gasteiger partial charge in [0.1, 0.15) is 12.2 Å². The summed E-state index contributed by atoms with van der Waals surface area (Å²) < 4.78 is 46.7. The fourth-order valence-electron chi connectivity index (χ4n) is 3.29. The lowest BCUT2D eigenvalue weighted by atomic mass is 10.0. The second-order valence-electron chi connectivity index (χ2n) is 7.67. The van der Waals surface area contributed by atoms with E-state index in [0.717, 1.165) is 23.7 Å². The van der Waals surface area contributed by atoms with Crippen LogP contribution in [0, 0.1) is 5.92 Å². The lowest BCUT2D eigenvalue weighted by molar-refractivity contribution is -0.137. The summed E-state index contributed by atoms with van der Waals surface area (Å²) in [6.07, 6.45) is -2.89. The summed E-state index contributed by atoms with van der Waals surface area (Å²) in [5, 5.41) is 0. The van der Waals surface area contributed by atoms with Crippen molar-refractivity contribution < 1.29 is 17.9 Å². The van der Waals surface area contributed by atoms with Crippen LogP contribution in [-0.2, 0) is 19.2 Å². The number of rotatable bonds is 8. The minimum absolute atomic E-state index is 0.0956. The zero-order valence-corrected chi connectivity index (χ0v) is 17.9. The Morgan fingerprint density at radius 3 is 2.23 bits per heavy atom. The van der Waals surface area contributed by atoms with E-state index in [4.69, 9.17) is 4.74 Å². The first kappa shape index (κ1) is 22.6. The molecule has 0 aliphatic carbocycles. The lowest BCUT2D eigenvalue weighted by Crippen LogP contribution is -2.23. The fraction of sp³-hybridized carbons (Fsp3) is 0.333. The van der Waals surface area contributed by atoms with Gasteiger partial charge in [0, 0.05) is 18.4 Å². The van der Waals surface area contributed by atoms with Crippen molar-refractivity contribution in [3.05, 3.63) is 77.5 Å². The Bertz CT molecular complexity index is 974. The molecule has 31 heavy (non-hydrogen) atoms. The van der Waals surface area contributed by atoms with Crippen molar-refractivity contribution in [1.29, 1.82) is 0 Å². The highest BCUT2D eigenvalue weighted by molar-refractivity contribution is 5.63. The van der Waals surface area contributed by atoms with Crippen molar-refractivity contribution >= 4 is 11.5 Å².